The van der Waals surface area contributed by atoms with Crippen molar-refractivity contribution in [3.05, 3.63) is 42.1 Å². The molecule has 0 aliphatic rings. The van der Waals surface area contributed by atoms with Gasteiger partial charge in [0.15, 0.2) is 0 Å². The van der Waals surface area contributed by atoms with E-state index >= 15 is 0 Å². The SMILES string of the molecule is CCOc1ccnc(N(CCCN)c2cccc(C)c2)n1. The molecular weight excluding hydrogens is 264 g/mol. The van der Waals surface area contributed by atoms with Crippen LogP contribution in [0.1, 0.15) is 18.9 Å². The van der Waals surface area contributed by atoms with Gasteiger partial charge in [0.25, 0.3) is 0 Å². The molecule has 0 radical (unpaired) electrons. The maximum Gasteiger partial charge on any atom is 0.233 e. The summed E-state index contributed by atoms with van der Waals surface area (Å²) in [6.07, 6.45) is 2.59. The maximum absolute atomic E-state index is 5.65. The highest BCUT2D eigenvalue weighted by molar-refractivity contribution is 5.58. The van der Waals surface area contributed by atoms with Crippen molar-refractivity contribution in [2.75, 3.05) is 24.6 Å². The van der Waals surface area contributed by atoms with E-state index in [2.05, 4.69) is 40.0 Å². The lowest BCUT2D eigenvalue weighted by atomic mass is 10.2. The summed E-state index contributed by atoms with van der Waals surface area (Å²) >= 11 is 0. The molecule has 2 rings (SSSR count). The van der Waals surface area contributed by atoms with Gasteiger partial charge in [-0.1, -0.05) is 12.1 Å². The Bertz CT molecular complexity index is 574. The first kappa shape index (κ1) is 15.3. The summed E-state index contributed by atoms with van der Waals surface area (Å²) in [7, 11) is 0. The molecule has 0 saturated heterocycles. The first-order chi connectivity index (χ1) is 10.2. The predicted octanol–water partition coefficient (Wildman–Crippen LogP) is 2.67. The van der Waals surface area contributed by atoms with Crippen molar-refractivity contribution >= 4 is 11.6 Å². The van der Waals surface area contributed by atoms with E-state index in [1.807, 2.05) is 13.0 Å². The molecule has 0 amide bonds. The molecule has 1 aromatic carbocycles. The van der Waals surface area contributed by atoms with Crippen molar-refractivity contribution in [1.29, 1.82) is 0 Å². The van der Waals surface area contributed by atoms with Crippen molar-refractivity contribution < 1.29 is 4.74 Å². The molecule has 0 aliphatic carbocycles. The van der Waals surface area contributed by atoms with Crippen LogP contribution in [0.2, 0.25) is 0 Å². The Morgan fingerprint density at radius 1 is 1.29 bits per heavy atom. The molecule has 0 bridgehead atoms. The van der Waals surface area contributed by atoms with Crippen LogP contribution in [0.5, 0.6) is 5.88 Å². The van der Waals surface area contributed by atoms with Crippen LogP contribution < -0.4 is 15.4 Å². The van der Waals surface area contributed by atoms with Crippen LogP contribution in [0.3, 0.4) is 0 Å². The van der Waals surface area contributed by atoms with Gasteiger partial charge in [-0.2, -0.15) is 4.98 Å². The van der Waals surface area contributed by atoms with Crippen molar-refractivity contribution in [2.45, 2.75) is 20.3 Å². The van der Waals surface area contributed by atoms with Crippen molar-refractivity contribution in [3.8, 4) is 5.88 Å². The second kappa shape index (κ2) is 7.59. The van der Waals surface area contributed by atoms with E-state index in [0.717, 1.165) is 18.7 Å². The van der Waals surface area contributed by atoms with Crippen LogP contribution in [-0.4, -0.2) is 29.7 Å². The van der Waals surface area contributed by atoms with Gasteiger partial charge in [-0.25, -0.2) is 4.98 Å². The molecule has 21 heavy (non-hydrogen) atoms. The predicted molar refractivity (Wildman–Crippen MR) is 85.1 cm³/mol. The number of hydrogen-bond acceptors (Lipinski definition) is 5. The third-order valence-corrected chi connectivity index (χ3v) is 3.05. The van der Waals surface area contributed by atoms with E-state index < -0.39 is 0 Å². The van der Waals surface area contributed by atoms with Gasteiger partial charge in [0, 0.05) is 24.5 Å². The van der Waals surface area contributed by atoms with Gasteiger partial charge in [0.05, 0.1) is 6.61 Å². The fourth-order valence-corrected chi connectivity index (χ4v) is 2.08. The normalized spacial score (nSPS) is 10.4. The Kier molecular flexibility index (Phi) is 5.51. The zero-order valence-electron chi connectivity index (χ0n) is 12.6. The average molecular weight is 286 g/mol. The lowest BCUT2D eigenvalue weighted by Gasteiger charge is -2.23. The molecule has 1 aromatic heterocycles. The monoisotopic (exact) mass is 286 g/mol. The lowest BCUT2D eigenvalue weighted by molar-refractivity contribution is 0.326. The average Bonchev–Trinajstić information content (AvgIpc) is 2.49. The number of aromatic nitrogens is 2. The van der Waals surface area contributed by atoms with Crippen molar-refractivity contribution in [1.82, 2.24) is 9.97 Å². The highest BCUT2D eigenvalue weighted by atomic mass is 16.5. The number of anilines is 2. The maximum atomic E-state index is 5.65. The summed E-state index contributed by atoms with van der Waals surface area (Å²) in [5.41, 5.74) is 7.92. The van der Waals surface area contributed by atoms with E-state index in [0.29, 0.717) is 25.0 Å². The third-order valence-electron chi connectivity index (χ3n) is 3.05. The summed E-state index contributed by atoms with van der Waals surface area (Å²) in [5.74, 6) is 1.23. The second-order valence-electron chi connectivity index (χ2n) is 4.76. The summed E-state index contributed by atoms with van der Waals surface area (Å²) in [4.78, 5) is 10.9. The molecule has 2 N–H and O–H groups in total. The Labute approximate surface area is 125 Å². The smallest absolute Gasteiger partial charge is 0.233 e. The number of ether oxygens (including phenoxy) is 1. The molecule has 5 heteroatoms. The minimum Gasteiger partial charge on any atom is -0.478 e. The summed E-state index contributed by atoms with van der Waals surface area (Å²) in [6.45, 7) is 6.00. The van der Waals surface area contributed by atoms with E-state index in [9.17, 15) is 0 Å². The van der Waals surface area contributed by atoms with Crippen LogP contribution >= 0.6 is 0 Å². The Morgan fingerprint density at radius 3 is 2.86 bits per heavy atom. The summed E-state index contributed by atoms with van der Waals surface area (Å²) < 4.78 is 5.46. The minimum atomic E-state index is 0.587. The van der Waals surface area contributed by atoms with Gasteiger partial charge in [0.2, 0.25) is 11.8 Å². The van der Waals surface area contributed by atoms with Gasteiger partial charge in [0.1, 0.15) is 0 Å². The number of nitrogens with two attached hydrogens (primary N) is 1. The van der Waals surface area contributed by atoms with Gasteiger partial charge in [-0.05, 0) is 44.5 Å². The van der Waals surface area contributed by atoms with Crippen LogP contribution in [0.4, 0.5) is 11.6 Å². The van der Waals surface area contributed by atoms with Crippen LogP contribution in [0.25, 0.3) is 0 Å². The first-order valence-electron chi connectivity index (χ1n) is 7.24. The molecular formula is C16H22N4O. The Balaban J connectivity index is 2.33. The molecule has 0 atom stereocenters. The van der Waals surface area contributed by atoms with Crippen molar-refractivity contribution in [3.63, 3.8) is 0 Å². The molecule has 0 aliphatic heterocycles. The molecule has 0 saturated carbocycles. The molecule has 0 spiro atoms. The zero-order valence-corrected chi connectivity index (χ0v) is 12.6. The number of hydrogen-bond donors (Lipinski definition) is 1. The molecule has 1 heterocycles. The van der Waals surface area contributed by atoms with Crippen LogP contribution in [-0.2, 0) is 0 Å². The van der Waals surface area contributed by atoms with E-state index in [1.54, 1.807) is 12.3 Å². The largest absolute Gasteiger partial charge is 0.478 e. The fraction of sp³-hybridized carbons (Fsp3) is 0.375. The molecule has 5 nitrogen and oxygen atoms in total. The van der Waals surface area contributed by atoms with Gasteiger partial charge in [-0.15, -0.1) is 0 Å². The molecule has 112 valence electrons. The topological polar surface area (TPSA) is 64.3 Å². The highest BCUT2D eigenvalue weighted by Gasteiger charge is 2.13. The fourth-order valence-electron chi connectivity index (χ4n) is 2.08. The number of aryl methyl sites for hydroxylation is 1. The van der Waals surface area contributed by atoms with Crippen LogP contribution in [0, 0.1) is 6.92 Å². The molecule has 0 fully saturated rings. The first-order valence-corrected chi connectivity index (χ1v) is 7.24. The zero-order chi connectivity index (χ0) is 15.1. The van der Waals surface area contributed by atoms with E-state index in [1.165, 1.54) is 5.56 Å². The third kappa shape index (κ3) is 4.16. The molecule has 0 unspecified atom stereocenters. The standard InChI is InChI=1S/C16H22N4O/c1-3-21-15-8-10-18-16(19-15)20(11-5-9-17)14-7-4-6-13(2)12-14/h4,6-8,10,12H,3,5,9,11,17H2,1-2H3. The quantitative estimate of drug-likeness (QED) is 0.847. The number of rotatable bonds is 7. The van der Waals surface area contributed by atoms with Gasteiger partial charge in [-0.3, -0.25) is 0 Å². The minimum absolute atomic E-state index is 0.587. The highest BCUT2D eigenvalue weighted by Crippen LogP contribution is 2.24. The summed E-state index contributed by atoms with van der Waals surface area (Å²) in [5, 5.41) is 0. The number of benzene rings is 1. The Hall–Kier alpha value is -2.14. The van der Waals surface area contributed by atoms with Crippen LogP contribution in [0.15, 0.2) is 36.5 Å². The summed E-state index contributed by atoms with van der Waals surface area (Å²) in [6, 6.07) is 10.0. The second-order valence-corrected chi connectivity index (χ2v) is 4.76. The van der Waals surface area contributed by atoms with Gasteiger partial charge >= 0.3 is 0 Å². The van der Waals surface area contributed by atoms with E-state index in [-0.39, 0.29) is 0 Å². The number of nitrogens with zero attached hydrogens (tertiary/aromatic N) is 3. The molecule has 2 aromatic rings. The lowest BCUT2D eigenvalue weighted by Crippen LogP contribution is -2.23. The Morgan fingerprint density at radius 2 is 2.14 bits per heavy atom. The van der Waals surface area contributed by atoms with Crippen molar-refractivity contribution in [2.24, 2.45) is 5.73 Å². The van der Waals surface area contributed by atoms with E-state index in [4.69, 9.17) is 10.5 Å². The van der Waals surface area contributed by atoms with Gasteiger partial charge < -0.3 is 15.4 Å².